The highest BCUT2D eigenvalue weighted by Gasteiger charge is 2.36. The summed E-state index contributed by atoms with van der Waals surface area (Å²) in [4.78, 5) is 1.95. The van der Waals surface area contributed by atoms with Crippen LogP contribution in [0, 0.1) is 0 Å². The van der Waals surface area contributed by atoms with Gasteiger partial charge in [0.25, 0.3) is 0 Å². The number of aliphatic hydroxyl groups is 1. The maximum Gasteiger partial charge on any atom is 0.364 e. The highest BCUT2D eigenvalue weighted by atomic mass is 31.2. The second kappa shape index (κ2) is 9.86. The quantitative estimate of drug-likeness (QED) is 0.480. The SMILES string of the molecule is CN(C)c1ccc([C@@H](O)P(=O)(OCc2ccccc2)OCc2ccccc2)cc1. The minimum Gasteiger partial charge on any atom is -0.378 e. The van der Waals surface area contributed by atoms with Crippen LogP contribution in [-0.2, 0) is 26.8 Å². The fourth-order valence-electron chi connectivity index (χ4n) is 2.78. The van der Waals surface area contributed by atoms with Crippen LogP contribution in [-0.4, -0.2) is 19.2 Å². The largest absolute Gasteiger partial charge is 0.378 e. The number of hydrogen-bond donors (Lipinski definition) is 1. The summed E-state index contributed by atoms with van der Waals surface area (Å²) in [6.07, 6.45) is 0. The number of hydrogen-bond acceptors (Lipinski definition) is 5. The third kappa shape index (κ3) is 5.78. The molecule has 0 fully saturated rings. The second-order valence-electron chi connectivity index (χ2n) is 6.92. The van der Waals surface area contributed by atoms with Crippen LogP contribution in [0.25, 0.3) is 0 Å². The van der Waals surface area contributed by atoms with E-state index in [1.165, 1.54) is 0 Å². The van der Waals surface area contributed by atoms with Crippen molar-refractivity contribution in [3.05, 3.63) is 102 Å². The van der Waals surface area contributed by atoms with E-state index in [0.717, 1.165) is 16.8 Å². The third-order valence-electron chi connectivity index (χ3n) is 4.52. The molecule has 152 valence electrons. The van der Waals surface area contributed by atoms with Crippen LogP contribution in [0.3, 0.4) is 0 Å². The topological polar surface area (TPSA) is 59.0 Å². The molecule has 0 aromatic heterocycles. The maximum absolute atomic E-state index is 13.6. The second-order valence-corrected chi connectivity index (χ2v) is 9.00. The molecule has 0 bridgehead atoms. The monoisotopic (exact) mass is 411 g/mol. The van der Waals surface area contributed by atoms with E-state index >= 15 is 0 Å². The summed E-state index contributed by atoms with van der Waals surface area (Å²) in [6, 6.07) is 26.0. The number of nitrogens with zero attached hydrogens (tertiary/aromatic N) is 1. The number of anilines is 1. The van der Waals surface area contributed by atoms with Gasteiger partial charge in [-0.25, -0.2) is 0 Å². The number of rotatable bonds is 9. The Hall–Kier alpha value is -2.43. The van der Waals surface area contributed by atoms with Gasteiger partial charge in [0.1, 0.15) is 0 Å². The van der Waals surface area contributed by atoms with Crippen molar-refractivity contribution in [1.82, 2.24) is 0 Å². The molecule has 0 amide bonds. The Labute approximate surface area is 172 Å². The lowest BCUT2D eigenvalue weighted by Crippen LogP contribution is -2.09. The van der Waals surface area contributed by atoms with Gasteiger partial charge in [-0.1, -0.05) is 72.8 Å². The third-order valence-corrected chi connectivity index (χ3v) is 6.39. The van der Waals surface area contributed by atoms with Crippen LogP contribution in [0.5, 0.6) is 0 Å². The summed E-state index contributed by atoms with van der Waals surface area (Å²) in [5.41, 5.74) is 3.17. The highest BCUT2D eigenvalue weighted by Crippen LogP contribution is 2.60. The van der Waals surface area contributed by atoms with Crippen molar-refractivity contribution < 1.29 is 18.7 Å². The minimum atomic E-state index is -3.86. The van der Waals surface area contributed by atoms with E-state index in [2.05, 4.69) is 0 Å². The summed E-state index contributed by atoms with van der Waals surface area (Å²) >= 11 is 0. The Kier molecular flexibility index (Phi) is 7.24. The highest BCUT2D eigenvalue weighted by molar-refractivity contribution is 7.54. The first-order valence-corrected chi connectivity index (χ1v) is 11.0. The van der Waals surface area contributed by atoms with Crippen LogP contribution in [0.1, 0.15) is 22.5 Å². The van der Waals surface area contributed by atoms with Crippen LogP contribution < -0.4 is 4.90 Å². The Morgan fingerprint density at radius 3 is 1.66 bits per heavy atom. The molecule has 0 spiro atoms. The van der Waals surface area contributed by atoms with Gasteiger partial charge < -0.3 is 19.1 Å². The van der Waals surface area contributed by atoms with Crippen LogP contribution in [0.15, 0.2) is 84.9 Å². The van der Waals surface area contributed by atoms with Gasteiger partial charge in [0, 0.05) is 19.8 Å². The molecule has 6 heteroatoms. The number of aliphatic hydroxyl groups excluding tert-OH is 1. The molecular weight excluding hydrogens is 385 g/mol. The first kappa shape index (κ1) is 21.3. The van der Waals surface area contributed by atoms with Crippen molar-refractivity contribution in [2.45, 2.75) is 19.1 Å². The maximum atomic E-state index is 13.6. The van der Waals surface area contributed by atoms with E-state index in [9.17, 15) is 9.67 Å². The number of benzene rings is 3. The Balaban J connectivity index is 1.80. The van der Waals surface area contributed by atoms with Crippen molar-refractivity contribution in [3.63, 3.8) is 0 Å². The molecule has 1 atom stereocenters. The van der Waals surface area contributed by atoms with Crippen molar-refractivity contribution in [3.8, 4) is 0 Å². The predicted molar refractivity (Wildman–Crippen MR) is 116 cm³/mol. The molecule has 0 aliphatic heterocycles. The molecule has 3 aromatic rings. The summed E-state index contributed by atoms with van der Waals surface area (Å²) in [5.74, 6) is -1.38. The van der Waals surface area contributed by atoms with Gasteiger partial charge in [-0.3, -0.25) is 4.57 Å². The first-order valence-electron chi connectivity index (χ1n) is 9.40. The molecule has 3 rings (SSSR count). The van der Waals surface area contributed by atoms with Gasteiger partial charge in [-0.05, 0) is 28.8 Å². The fourth-order valence-corrected chi connectivity index (χ4v) is 4.34. The molecule has 0 heterocycles. The van der Waals surface area contributed by atoms with Crippen molar-refractivity contribution in [1.29, 1.82) is 0 Å². The summed E-state index contributed by atoms with van der Waals surface area (Å²) < 4.78 is 25.0. The van der Waals surface area contributed by atoms with Crippen molar-refractivity contribution in [2.24, 2.45) is 0 Å². The van der Waals surface area contributed by atoms with Gasteiger partial charge in [0.2, 0.25) is 0 Å². The molecule has 3 aromatic carbocycles. The van der Waals surface area contributed by atoms with Gasteiger partial charge in [0.05, 0.1) is 13.2 Å². The summed E-state index contributed by atoms with van der Waals surface area (Å²) in [7, 11) is 0.00553. The average molecular weight is 411 g/mol. The summed E-state index contributed by atoms with van der Waals surface area (Å²) in [6.45, 7) is 0.166. The lowest BCUT2D eigenvalue weighted by atomic mass is 10.2. The molecule has 0 aliphatic carbocycles. The molecule has 0 radical (unpaired) electrons. The minimum absolute atomic E-state index is 0.0831. The van der Waals surface area contributed by atoms with E-state index in [1.807, 2.05) is 91.8 Å². The summed E-state index contributed by atoms with van der Waals surface area (Å²) in [5, 5.41) is 10.9. The van der Waals surface area contributed by atoms with E-state index in [4.69, 9.17) is 9.05 Å². The van der Waals surface area contributed by atoms with E-state index < -0.39 is 13.4 Å². The van der Waals surface area contributed by atoms with Crippen LogP contribution in [0.4, 0.5) is 5.69 Å². The lowest BCUT2D eigenvalue weighted by Gasteiger charge is -2.24. The van der Waals surface area contributed by atoms with Crippen LogP contribution in [0.2, 0.25) is 0 Å². The van der Waals surface area contributed by atoms with E-state index in [-0.39, 0.29) is 13.2 Å². The van der Waals surface area contributed by atoms with Gasteiger partial charge in [-0.2, -0.15) is 0 Å². The van der Waals surface area contributed by atoms with Gasteiger partial charge >= 0.3 is 7.60 Å². The normalized spacial score (nSPS) is 12.5. The molecule has 5 nitrogen and oxygen atoms in total. The van der Waals surface area contributed by atoms with Gasteiger partial charge in [0.15, 0.2) is 5.85 Å². The Morgan fingerprint density at radius 2 is 1.24 bits per heavy atom. The molecule has 0 saturated carbocycles. The Morgan fingerprint density at radius 1 is 0.793 bits per heavy atom. The van der Waals surface area contributed by atoms with E-state index in [0.29, 0.717) is 5.56 Å². The Bertz CT molecular complexity index is 883. The molecule has 0 unspecified atom stereocenters. The zero-order chi connectivity index (χ0) is 20.7. The molecule has 0 aliphatic rings. The standard InChI is InChI=1S/C23H26NO4P/c1-24(2)22-15-13-21(14-16-22)23(25)29(26,27-17-19-9-5-3-6-10-19)28-18-20-11-7-4-8-12-20/h3-16,23,25H,17-18H2,1-2H3/t23-/m0/s1. The first-order chi connectivity index (χ1) is 14.0. The van der Waals surface area contributed by atoms with Crippen LogP contribution >= 0.6 is 7.60 Å². The van der Waals surface area contributed by atoms with Crippen molar-refractivity contribution in [2.75, 3.05) is 19.0 Å². The van der Waals surface area contributed by atoms with Crippen molar-refractivity contribution >= 4 is 13.3 Å². The lowest BCUT2D eigenvalue weighted by molar-refractivity contribution is 0.133. The molecule has 1 N–H and O–H groups in total. The zero-order valence-electron chi connectivity index (χ0n) is 16.6. The fraction of sp³-hybridized carbons (Fsp3) is 0.217. The average Bonchev–Trinajstić information content (AvgIpc) is 2.77. The van der Waals surface area contributed by atoms with Gasteiger partial charge in [-0.15, -0.1) is 0 Å². The molecule has 0 saturated heterocycles. The van der Waals surface area contributed by atoms with E-state index in [1.54, 1.807) is 12.1 Å². The smallest absolute Gasteiger partial charge is 0.364 e. The zero-order valence-corrected chi connectivity index (χ0v) is 17.5. The predicted octanol–water partition coefficient (Wildman–Crippen LogP) is 5.37. The molecular formula is C23H26NO4P. The molecule has 29 heavy (non-hydrogen) atoms.